The fraction of sp³-hybridized carbons (Fsp3) is 0.679. The zero-order valence-electron chi connectivity index (χ0n) is 19.5. The van der Waals surface area contributed by atoms with E-state index in [2.05, 4.69) is 63.4 Å². The maximum atomic E-state index is 13.5. The Hall–Kier alpha value is -1.57. The molecule has 2 unspecified atom stereocenters. The quantitative estimate of drug-likeness (QED) is 0.550. The standard InChI is InChI=1S/C28H41NO/c1-20(2)22-11-13-24-23(19-22)12-14-25-27(24,3)16-8-17-28(25,4)26(30)29-18-15-21-9-6-5-7-10-21/h5-7,9-10,12,20,22,24-25H,8,11,13-19H2,1-4H3,(H,29,30)/t22?,24-,25?,27+,28+/m0/s1. The van der Waals surface area contributed by atoms with Crippen LogP contribution in [0, 0.1) is 34.5 Å². The predicted molar refractivity (Wildman–Crippen MR) is 125 cm³/mol. The van der Waals surface area contributed by atoms with Crippen LogP contribution in [0.5, 0.6) is 0 Å². The Balaban J connectivity index is 1.48. The summed E-state index contributed by atoms with van der Waals surface area (Å²) >= 11 is 0. The van der Waals surface area contributed by atoms with Crippen molar-refractivity contribution < 1.29 is 4.79 Å². The van der Waals surface area contributed by atoms with E-state index in [1.54, 1.807) is 5.57 Å². The van der Waals surface area contributed by atoms with E-state index in [1.165, 1.54) is 37.7 Å². The van der Waals surface area contributed by atoms with Gasteiger partial charge in [0.25, 0.3) is 0 Å². The van der Waals surface area contributed by atoms with Gasteiger partial charge in [-0.1, -0.05) is 76.1 Å². The minimum atomic E-state index is -0.236. The molecule has 4 rings (SSSR count). The van der Waals surface area contributed by atoms with E-state index in [0.717, 1.165) is 37.6 Å². The van der Waals surface area contributed by atoms with E-state index in [4.69, 9.17) is 0 Å². The topological polar surface area (TPSA) is 29.1 Å². The number of amides is 1. The summed E-state index contributed by atoms with van der Waals surface area (Å²) < 4.78 is 0. The minimum absolute atomic E-state index is 0.236. The Morgan fingerprint density at radius 3 is 2.63 bits per heavy atom. The molecule has 0 aliphatic heterocycles. The van der Waals surface area contributed by atoms with Crippen LogP contribution < -0.4 is 5.32 Å². The Morgan fingerprint density at radius 1 is 1.13 bits per heavy atom. The van der Waals surface area contributed by atoms with Gasteiger partial charge in [0, 0.05) is 6.54 Å². The average Bonchev–Trinajstić information content (AvgIpc) is 2.74. The normalized spacial score (nSPS) is 35.9. The van der Waals surface area contributed by atoms with Gasteiger partial charge in [0.05, 0.1) is 5.41 Å². The largest absolute Gasteiger partial charge is 0.355 e. The first-order valence-corrected chi connectivity index (χ1v) is 12.4. The van der Waals surface area contributed by atoms with Crippen molar-refractivity contribution in [1.29, 1.82) is 0 Å². The second kappa shape index (κ2) is 8.52. The van der Waals surface area contributed by atoms with Crippen molar-refractivity contribution in [2.45, 2.75) is 79.1 Å². The number of nitrogens with one attached hydrogen (secondary N) is 1. The molecule has 0 spiro atoms. The number of hydrogen-bond acceptors (Lipinski definition) is 1. The van der Waals surface area contributed by atoms with Gasteiger partial charge in [-0.25, -0.2) is 0 Å². The second-order valence-electron chi connectivity index (χ2n) is 11.2. The van der Waals surface area contributed by atoms with Crippen LogP contribution in [0.15, 0.2) is 42.0 Å². The van der Waals surface area contributed by atoms with Crippen LogP contribution in [-0.4, -0.2) is 12.5 Å². The molecule has 2 heteroatoms. The van der Waals surface area contributed by atoms with Gasteiger partial charge in [-0.05, 0) is 79.6 Å². The first-order valence-electron chi connectivity index (χ1n) is 12.4. The van der Waals surface area contributed by atoms with Gasteiger partial charge in [0.15, 0.2) is 0 Å². The number of hydrogen-bond donors (Lipinski definition) is 1. The zero-order valence-corrected chi connectivity index (χ0v) is 19.5. The number of fused-ring (bicyclic) bond motifs is 3. The van der Waals surface area contributed by atoms with Crippen LogP contribution in [0.4, 0.5) is 0 Å². The molecule has 0 bridgehead atoms. The van der Waals surface area contributed by atoms with Crippen LogP contribution in [0.2, 0.25) is 0 Å². The highest BCUT2D eigenvalue weighted by atomic mass is 16.2. The van der Waals surface area contributed by atoms with Crippen molar-refractivity contribution in [3.63, 3.8) is 0 Å². The van der Waals surface area contributed by atoms with Gasteiger partial charge in [-0.3, -0.25) is 4.79 Å². The molecule has 1 N–H and O–H groups in total. The predicted octanol–water partition coefficient (Wildman–Crippen LogP) is 6.56. The molecule has 5 atom stereocenters. The zero-order chi connectivity index (χ0) is 21.4. The summed E-state index contributed by atoms with van der Waals surface area (Å²) in [7, 11) is 0. The van der Waals surface area contributed by atoms with E-state index in [0.29, 0.717) is 17.7 Å². The lowest BCUT2D eigenvalue weighted by Crippen LogP contribution is -2.56. The minimum Gasteiger partial charge on any atom is -0.355 e. The lowest BCUT2D eigenvalue weighted by Gasteiger charge is -2.58. The van der Waals surface area contributed by atoms with Crippen molar-refractivity contribution in [1.82, 2.24) is 5.32 Å². The van der Waals surface area contributed by atoms with Gasteiger partial charge < -0.3 is 5.32 Å². The molecule has 1 aromatic carbocycles. The number of carbonyl (C=O) groups excluding carboxylic acids is 1. The molecule has 164 valence electrons. The average molecular weight is 408 g/mol. The Kier molecular flexibility index (Phi) is 6.15. The highest BCUT2D eigenvalue weighted by Gasteiger charge is 2.57. The number of rotatable bonds is 5. The summed E-state index contributed by atoms with van der Waals surface area (Å²) in [5, 5.41) is 3.33. The molecule has 2 fully saturated rings. The molecule has 0 saturated heterocycles. The molecule has 3 aliphatic carbocycles. The lowest BCUT2D eigenvalue weighted by molar-refractivity contribution is -0.144. The van der Waals surface area contributed by atoms with Crippen LogP contribution in [0.3, 0.4) is 0 Å². The molecule has 1 aromatic rings. The first kappa shape index (κ1) is 21.7. The smallest absolute Gasteiger partial charge is 0.226 e. The highest BCUT2D eigenvalue weighted by molar-refractivity contribution is 5.83. The number of benzene rings is 1. The highest BCUT2D eigenvalue weighted by Crippen LogP contribution is 2.62. The van der Waals surface area contributed by atoms with Crippen LogP contribution in [0.25, 0.3) is 0 Å². The SMILES string of the molecule is CC(C)C1CC[C@H]2C(=CCC3[C@](C)(C(=O)NCCc4ccccc4)CCC[C@@]32C)C1. The van der Waals surface area contributed by atoms with Gasteiger partial charge in [-0.2, -0.15) is 0 Å². The second-order valence-corrected chi connectivity index (χ2v) is 11.2. The molecule has 0 radical (unpaired) electrons. The summed E-state index contributed by atoms with van der Waals surface area (Å²) in [4.78, 5) is 13.5. The van der Waals surface area contributed by atoms with E-state index in [1.807, 2.05) is 6.07 Å². The third kappa shape index (κ3) is 3.87. The van der Waals surface area contributed by atoms with Gasteiger partial charge in [0.2, 0.25) is 5.91 Å². The number of carbonyl (C=O) groups is 1. The molecule has 1 amide bonds. The molecule has 2 saturated carbocycles. The molecule has 2 nitrogen and oxygen atoms in total. The Labute approximate surface area is 183 Å². The summed E-state index contributed by atoms with van der Waals surface area (Å²) in [6.07, 6.45) is 12.1. The molecule has 0 aromatic heterocycles. The Bertz CT molecular complexity index is 781. The summed E-state index contributed by atoms with van der Waals surface area (Å²) in [5.74, 6) is 3.10. The lowest BCUT2D eigenvalue weighted by atomic mass is 9.46. The van der Waals surface area contributed by atoms with Crippen molar-refractivity contribution >= 4 is 5.91 Å². The van der Waals surface area contributed by atoms with Crippen LogP contribution >= 0.6 is 0 Å². The van der Waals surface area contributed by atoms with Crippen LogP contribution in [-0.2, 0) is 11.2 Å². The fourth-order valence-electron chi connectivity index (χ4n) is 7.23. The van der Waals surface area contributed by atoms with Crippen molar-refractivity contribution in [3.05, 3.63) is 47.5 Å². The molecule has 0 heterocycles. The van der Waals surface area contributed by atoms with Crippen molar-refractivity contribution in [3.8, 4) is 0 Å². The molecule has 3 aliphatic rings. The van der Waals surface area contributed by atoms with Gasteiger partial charge in [-0.15, -0.1) is 0 Å². The summed E-state index contributed by atoms with van der Waals surface area (Å²) in [6, 6.07) is 10.5. The molecular weight excluding hydrogens is 366 g/mol. The van der Waals surface area contributed by atoms with Crippen molar-refractivity contribution in [2.75, 3.05) is 6.54 Å². The maximum Gasteiger partial charge on any atom is 0.226 e. The molecular formula is C28H41NO. The van der Waals surface area contributed by atoms with Gasteiger partial charge in [0.1, 0.15) is 0 Å². The molecule has 30 heavy (non-hydrogen) atoms. The van der Waals surface area contributed by atoms with E-state index < -0.39 is 0 Å². The first-order chi connectivity index (χ1) is 14.3. The summed E-state index contributed by atoms with van der Waals surface area (Å²) in [5.41, 5.74) is 3.08. The monoisotopic (exact) mass is 407 g/mol. The van der Waals surface area contributed by atoms with E-state index in [9.17, 15) is 4.79 Å². The third-order valence-electron chi connectivity index (χ3n) is 9.16. The maximum absolute atomic E-state index is 13.5. The van der Waals surface area contributed by atoms with E-state index >= 15 is 0 Å². The third-order valence-corrected chi connectivity index (χ3v) is 9.16. The van der Waals surface area contributed by atoms with Crippen molar-refractivity contribution in [2.24, 2.45) is 34.5 Å². The van der Waals surface area contributed by atoms with Crippen LogP contribution in [0.1, 0.15) is 78.2 Å². The Morgan fingerprint density at radius 2 is 1.90 bits per heavy atom. The van der Waals surface area contributed by atoms with Gasteiger partial charge >= 0.3 is 0 Å². The number of allylic oxidation sites excluding steroid dienone is 2. The fourth-order valence-corrected chi connectivity index (χ4v) is 7.23. The van der Waals surface area contributed by atoms with E-state index in [-0.39, 0.29) is 10.8 Å². The summed E-state index contributed by atoms with van der Waals surface area (Å²) in [6.45, 7) is 10.3.